The Hall–Kier alpha value is -2.50. The van der Waals surface area contributed by atoms with Crippen LogP contribution in [0.3, 0.4) is 0 Å². The lowest BCUT2D eigenvalue weighted by atomic mass is 10.1. The number of benzene rings is 1. The maximum Gasteiger partial charge on any atom is 0.251 e. The van der Waals surface area contributed by atoms with Crippen molar-refractivity contribution in [3.63, 3.8) is 0 Å². The van der Waals surface area contributed by atoms with Gasteiger partial charge in [0.05, 0.1) is 11.4 Å². The lowest BCUT2D eigenvalue weighted by molar-refractivity contribution is 0.205. The number of sulfonamides is 1. The van der Waals surface area contributed by atoms with Crippen molar-refractivity contribution in [2.75, 3.05) is 13.1 Å². The number of hydrogen-bond acceptors (Lipinski definition) is 6. The first-order valence-corrected chi connectivity index (χ1v) is 9.31. The van der Waals surface area contributed by atoms with E-state index >= 15 is 0 Å². The molecule has 1 unspecified atom stereocenters. The molecule has 0 bridgehead atoms. The van der Waals surface area contributed by atoms with Crippen molar-refractivity contribution >= 4 is 10.0 Å². The van der Waals surface area contributed by atoms with Crippen LogP contribution in [0.2, 0.25) is 0 Å². The van der Waals surface area contributed by atoms with Crippen LogP contribution in [0, 0.1) is 25.2 Å². The van der Waals surface area contributed by atoms with Crippen molar-refractivity contribution in [2.24, 2.45) is 0 Å². The molecule has 0 N–H and O–H groups in total. The quantitative estimate of drug-likeness (QED) is 0.827. The second-order valence-corrected chi connectivity index (χ2v) is 7.90. The number of ether oxygens (including phenoxy) is 1. The van der Waals surface area contributed by atoms with Gasteiger partial charge in [-0.05, 0) is 43.5 Å². The fourth-order valence-corrected chi connectivity index (χ4v) is 4.25. The molecule has 8 heteroatoms. The number of nitriles is 1. The Bertz CT molecular complexity index is 937. The molecule has 1 aromatic heterocycles. The molecule has 130 valence electrons. The summed E-state index contributed by atoms with van der Waals surface area (Å²) >= 11 is 0. The van der Waals surface area contributed by atoms with Crippen LogP contribution in [0.1, 0.15) is 23.2 Å². The molecular weight excluding hydrogens is 340 g/mol. The Morgan fingerprint density at radius 1 is 1.24 bits per heavy atom. The van der Waals surface area contributed by atoms with Gasteiger partial charge in [-0.15, -0.1) is 0 Å². The lowest BCUT2D eigenvalue weighted by Gasteiger charge is -2.17. The molecule has 1 fully saturated rings. The average molecular weight is 358 g/mol. The Kier molecular flexibility index (Phi) is 4.70. The third-order valence-electron chi connectivity index (χ3n) is 4.27. The van der Waals surface area contributed by atoms with E-state index < -0.39 is 10.0 Å². The van der Waals surface area contributed by atoms with Crippen LogP contribution in [0.15, 0.2) is 35.5 Å². The zero-order valence-corrected chi connectivity index (χ0v) is 14.8. The maximum atomic E-state index is 12.8. The van der Waals surface area contributed by atoms with Gasteiger partial charge < -0.3 is 4.74 Å². The predicted molar refractivity (Wildman–Crippen MR) is 90.5 cm³/mol. The minimum atomic E-state index is -3.57. The summed E-state index contributed by atoms with van der Waals surface area (Å²) in [7, 11) is -3.57. The summed E-state index contributed by atoms with van der Waals surface area (Å²) in [5, 5.41) is 9.03. The van der Waals surface area contributed by atoms with Crippen molar-refractivity contribution in [1.29, 1.82) is 5.26 Å². The van der Waals surface area contributed by atoms with E-state index in [0.29, 0.717) is 13.0 Å². The van der Waals surface area contributed by atoms with Gasteiger partial charge in [-0.3, -0.25) is 0 Å². The third kappa shape index (κ3) is 3.48. The molecule has 7 nitrogen and oxygen atoms in total. The van der Waals surface area contributed by atoms with E-state index in [2.05, 4.69) is 9.97 Å². The van der Waals surface area contributed by atoms with Gasteiger partial charge >= 0.3 is 0 Å². The van der Waals surface area contributed by atoms with Gasteiger partial charge in [-0.2, -0.15) is 9.57 Å². The van der Waals surface area contributed by atoms with E-state index in [-0.39, 0.29) is 29.1 Å². The number of nitrogens with zero attached hydrogens (tertiary/aromatic N) is 4. The minimum Gasteiger partial charge on any atom is -0.471 e. The molecule has 3 rings (SSSR count). The smallest absolute Gasteiger partial charge is 0.251 e. The average Bonchev–Trinajstić information content (AvgIpc) is 3.07. The molecule has 1 aliphatic heterocycles. The van der Waals surface area contributed by atoms with Crippen LogP contribution >= 0.6 is 0 Å². The summed E-state index contributed by atoms with van der Waals surface area (Å²) in [6.07, 6.45) is 3.03. The molecule has 2 aromatic rings. The van der Waals surface area contributed by atoms with Gasteiger partial charge in [0, 0.05) is 18.9 Å². The van der Waals surface area contributed by atoms with Gasteiger partial charge in [-0.25, -0.2) is 18.4 Å². The number of aryl methyl sites for hydroxylation is 2. The first kappa shape index (κ1) is 17.3. The number of aromatic nitrogens is 2. The minimum absolute atomic E-state index is 0.0953. The Labute approximate surface area is 147 Å². The van der Waals surface area contributed by atoms with Crippen molar-refractivity contribution in [3.05, 3.63) is 47.4 Å². The molecule has 0 saturated carbocycles. The van der Waals surface area contributed by atoms with Crippen LogP contribution in [-0.2, 0) is 10.0 Å². The van der Waals surface area contributed by atoms with E-state index in [1.165, 1.54) is 16.7 Å². The zero-order chi connectivity index (χ0) is 18.0. The maximum absolute atomic E-state index is 12.8. The van der Waals surface area contributed by atoms with Gasteiger partial charge in [0.1, 0.15) is 12.2 Å². The van der Waals surface area contributed by atoms with Crippen molar-refractivity contribution < 1.29 is 13.2 Å². The monoisotopic (exact) mass is 358 g/mol. The van der Waals surface area contributed by atoms with Crippen LogP contribution in [0.5, 0.6) is 5.88 Å². The molecular formula is C17H18N4O3S. The van der Waals surface area contributed by atoms with Gasteiger partial charge in [0.25, 0.3) is 5.88 Å². The van der Waals surface area contributed by atoms with E-state index in [0.717, 1.165) is 11.1 Å². The molecule has 1 saturated heterocycles. The predicted octanol–water partition coefficient (Wildman–Crippen LogP) is 1.81. The summed E-state index contributed by atoms with van der Waals surface area (Å²) in [4.78, 5) is 8.18. The van der Waals surface area contributed by atoms with Crippen molar-refractivity contribution in [3.8, 4) is 11.9 Å². The van der Waals surface area contributed by atoms with Crippen LogP contribution < -0.4 is 4.74 Å². The molecule has 1 atom stereocenters. The van der Waals surface area contributed by atoms with E-state index in [1.54, 1.807) is 12.1 Å². The highest BCUT2D eigenvalue weighted by Gasteiger charge is 2.34. The number of rotatable bonds is 4. The molecule has 1 aliphatic rings. The Morgan fingerprint density at radius 2 is 2.00 bits per heavy atom. The Balaban J connectivity index is 1.76. The Morgan fingerprint density at radius 3 is 2.72 bits per heavy atom. The van der Waals surface area contributed by atoms with Crippen molar-refractivity contribution in [2.45, 2.75) is 31.3 Å². The highest BCUT2D eigenvalue weighted by Crippen LogP contribution is 2.25. The first-order valence-electron chi connectivity index (χ1n) is 7.87. The van der Waals surface area contributed by atoms with Crippen LogP contribution in [-0.4, -0.2) is 41.9 Å². The standard InChI is InChI=1S/C17H18N4O3S/c1-12-3-4-15(9-13(12)2)25(22,23)21-8-5-14(11-21)24-17-16(10-18)19-6-7-20-17/h3-4,6-7,9,14H,5,8,11H2,1-2H3. The van der Waals surface area contributed by atoms with E-state index in [9.17, 15) is 8.42 Å². The molecule has 0 amide bonds. The summed E-state index contributed by atoms with van der Waals surface area (Å²) in [6.45, 7) is 4.42. The summed E-state index contributed by atoms with van der Waals surface area (Å²) < 4.78 is 32.7. The van der Waals surface area contributed by atoms with Crippen molar-refractivity contribution in [1.82, 2.24) is 14.3 Å². The summed E-state index contributed by atoms with van der Waals surface area (Å²) in [5.74, 6) is 0.139. The molecule has 0 aliphatic carbocycles. The summed E-state index contributed by atoms with van der Waals surface area (Å²) in [6, 6.07) is 7.05. The third-order valence-corrected chi connectivity index (χ3v) is 6.13. The molecule has 0 spiro atoms. The van der Waals surface area contributed by atoms with Crippen LogP contribution in [0.4, 0.5) is 0 Å². The first-order chi connectivity index (χ1) is 11.9. The topological polar surface area (TPSA) is 96.2 Å². The molecule has 25 heavy (non-hydrogen) atoms. The lowest BCUT2D eigenvalue weighted by Crippen LogP contribution is -2.31. The zero-order valence-electron chi connectivity index (χ0n) is 14.0. The number of hydrogen-bond donors (Lipinski definition) is 0. The van der Waals surface area contributed by atoms with Gasteiger partial charge in [0.15, 0.2) is 0 Å². The van der Waals surface area contributed by atoms with E-state index in [1.807, 2.05) is 26.0 Å². The highest BCUT2D eigenvalue weighted by atomic mass is 32.2. The molecule has 1 aromatic carbocycles. The fourth-order valence-electron chi connectivity index (χ4n) is 2.68. The summed E-state index contributed by atoms with van der Waals surface area (Å²) in [5.41, 5.74) is 2.08. The highest BCUT2D eigenvalue weighted by molar-refractivity contribution is 7.89. The largest absolute Gasteiger partial charge is 0.471 e. The fraction of sp³-hybridized carbons (Fsp3) is 0.353. The normalized spacial score (nSPS) is 18.0. The van der Waals surface area contributed by atoms with E-state index in [4.69, 9.17) is 10.00 Å². The SMILES string of the molecule is Cc1ccc(S(=O)(=O)N2CCC(Oc3nccnc3C#N)C2)cc1C. The second-order valence-electron chi connectivity index (χ2n) is 5.96. The molecule has 0 radical (unpaired) electrons. The second kappa shape index (κ2) is 6.78. The molecule has 2 heterocycles. The van der Waals surface area contributed by atoms with Gasteiger partial charge in [0.2, 0.25) is 15.7 Å². The van der Waals surface area contributed by atoms with Gasteiger partial charge in [-0.1, -0.05) is 6.07 Å². The van der Waals surface area contributed by atoms with Crippen LogP contribution in [0.25, 0.3) is 0 Å².